The van der Waals surface area contributed by atoms with Gasteiger partial charge in [0.1, 0.15) is 5.82 Å². The number of piperidine rings is 1. The van der Waals surface area contributed by atoms with E-state index in [-0.39, 0.29) is 11.9 Å². The first kappa shape index (κ1) is 17.3. The van der Waals surface area contributed by atoms with Crippen molar-refractivity contribution >= 4 is 5.91 Å². The van der Waals surface area contributed by atoms with E-state index in [0.29, 0.717) is 18.8 Å². The molecule has 2 aliphatic heterocycles. The zero-order valence-corrected chi connectivity index (χ0v) is 14.5. The van der Waals surface area contributed by atoms with E-state index in [1.165, 1.54) is 12.8 Å². The van der Waals surface area contributed by atoms with Gasteiger partial charge < -0.3 is 15.4 Å². The Morgan fingerprint density at radius 2 is 2.17 bits per heavy atom. The van der Waals surface area contributed by atoms with Crippen molar-refractivity contribution in [1.82, 2.24) is 20.6 Å². The zero-order valence-electron chi connectivity index (χ0n) is 14.5. The first-order valence-electron chi connectivity index (χ1n) is 9.13. The predicted molar refractivity (Wildman–Crippen MR) is 91.9 cm³/mol. The quantitative estimate of drug-likeness (QED) is 0.854. The van der Waals surface area contributed by atoms with Crippen molar-refractivity contribution in [1.29, 1.82) is 0 Å². The Kier molecular flexibility index (Phi) is 6.15. The highest BCUT2D eigenvalue weighted by Gasteiger charge is 2.19. The Hall–Kier alpha value is -1.53. The average Bonchev–Trinajstić information content (AvgIpc) is 2.61. The molecule has 1 amide bonds. The van der Waals surface area contributed by atoms with Crippen LogP contribution in [-0.4, -0.2) is 48.2 Å². The molecule has 2 fully saturated rings. The van der Waals surface area contributed by atoms with Gasteiger partial charge in [0.25, 0.3) is 0 Å². The summed E-state index contributed by atoms with van der Waals surface area (Å²) < 4.78 is 5.32. The van der Waals surface area contributed by atoms with Crippen molar-refractivity contribution in [2.45, 2.75) is 57.4 Å². The van der Waals surface area contributed by atoms with Crippen molar-refractivity contribution in [2.75, 3.05) is 26.3 Å². The lowest BCUT2D eigenvalue weighted by Gasteiger charge is -2.23. The molecule has 24 heavy (non-hydrogen) atoms. The Balaban J connectivity index is 1.54. The molecule has 6 heteroatoms. The molecule has 0 saturated carbocycles. The topological polar surface area (TPSA) is 76.1 Å². The molecule has 3 heterocycles. The maximum atomic E-state index is 12.2. The first-order chi connectivity index (χ1) is 11.7. The van der Waals surface area contributed by atoms with Crippen LogP contribution in [0, 0.1) is 6.92 Å². The summed E-state index contributed by atoms with van der Waals surface area (Å²) in [6.45, 7) is 5.51. The van der Waals surface area contributed by atoms with Crippen LogP contribution in [0.25, 0.3) is 0 Å². The lowest BCUT2D eigenvalue weighted by atomic mass is 9.95. The molecule has 1 aromatic rings. The fourth-order valence-electron chi connectivity index (χ4n) is 3.48. The van der Waals surface area contributed by atoms with Crippen molar-refractivity contribution < 1.29 is 9.53 Å². The number of nitrogens with one attached hydrogen (secondary N) is 2. The van der Waals surface area contributed by atoms with Gasteiger partial charge in [0.2, 0.25) is 5.91 Å². The van der Waals surface area contributed by atoms with Crippen LogP contribution in [0.15, 0.2) is 6.07 Å². The van der Waals surface area contributed by atoms with Gasteiger partial charge in [-0.3, -0.25) is 4.79 Å². The molecule has 0 radical (unpaired) electrons. The van der Waals surface area contributed by atoms with Gasteiger partial charge in [-0.1, -0.05) is 0 Å². The Labute approximate surface area is 143 Å². The molecule has 1 unspecified atom stereocenters. The minimum atomic E-state index is 0.110. The van der Waals surface area contributed by atoms with Crippen molar-refractivity contribution in [2.24, 2.45) is 0 Å². The fourth-order valence-corrected chi connectivity index (χ4v) is 3.48. The van der Waals surface area contributed by atoms with Crippen LogP contribution in [0.1, 0.15) is 55.2 Å². The molecule has 132 valence electrons. The molecule has 2 N–H and O–H groups in total. The number of amides is 1. The maximum Gasteiger partial charge on any atom is 0.220 e. The molecule has 2 saturated heterocycles. The van der Waals surface area contributed by atoms with E-state index in [1.807, 2.05) is 6.92 Å². The second kappa shape index (κ2) is 8.53. The summed E-state index contributed by atoms with van der Waals surface area (Å²) in [6, 6.07) is 2.36. The molecular formula is C18H28N4O2. The largest absolute Gasteiger partial charge is 0.381 e. The van der Waals surface area contributed by atoms with E-state index in [2.05, 4.69) is 26.7 Å². The van der Waals surface area contributed by atoms with Crippen molar-refractivity contribution in [3.8, 4) is 0 Å². The molecular weight excluding hydrogens is 304 g/mol. The van der Waals surface area contributed by atoms with Crippen molar-refractivity contribution in [3.63, 3.8) is 0 Å². The second-order valence-electron chi connectivity index (χ2n) is 6.83. The van der Waals surface area contributed by atoms with Crippen LogP contribution in [0.2, 0.25) is 0 Å². The third-order valence-corrected chi connectivity index (χ3v) is 4.82. The van der Waals surface area contributed by atoms with Gasteiger partial charge in [-0.15, -0.1) is 0 Å². The molecule has 0 spiro atoms. The first-order valence-corrected chi connectivity index (χ1v) is 9.13. The van der Waals surface area contributed by atoms with Crippen LogP contribution >= 0.6 is 0 Å². The Morgan fingerprint density at radius 1 is 1.33 bits per heavy atom. The molecule has 3 rings (SSSR count). The van der Waals surface area contributed by atoms with E-state index >= 15 is 0 Å². The highest BCUT2D eigenvalue weighted by atomic mass is 16.5. The minimum absolute atomic E-state index is 0.110. The van der Waals surface area contributed by atoms with Crippen LogP contribution in [0.3, 0.4) is 0 Å². The summed E-state index contributed by atoms with van der Waals surface area (Å²) in [7, 11) is 0. The van der Waals surface area contributed by atoms with Gasteiger partial charge in [0, 0.05) is 49.5 Å². The van der Waals surface area contributed by atoms with Gasteiger partial charge >= 0.3 is 0 Å². The van der Waals surface area contributed by atoms with E-state index in [0.717, 1.165) is 56.4 Å². The van der Waals surface area contributed by atoms with E-state index < -0.39 is 0 Å². The third kappa shape index (κ3) is 4.98. The molecule has 6 nitrogen and oxygen atoms in total. The molecule has 0 aromatic carbocycles. The van der Waals surface area contributed by atoms with Crippen LogP contribution in [0.5, 0.6) is 0 Å². The molecule has 2 aliphatic rings. The normalized spacial score (nSPS) is 22.3. The standard InChI is InChI=1S/C18H28N4O2/c1-13-20-16(11-17(21-13)14-3-2-8-19-12-14)4-5-18(23)22-15-6-9-24-10-7-15/h11,14-15,19H,2-10,12H2,1H3,(H,22,23). The number of aromatic nitrogens is 2. The zero-order chi connectivity index (χ0) is 16.8. The third-order valence-electron chi connectivity index (χ3n) is 4.82. The molecule has 0 bridgehead atoms. The number of hydrogen-bond acceptors (Lipinski definition) is 5. The number of carbonyl (C=O) groups is 1. The monoisotopic (exact) mass is 332 g/mol. The highest BCUT2D eigenvalue weighted by molar-refractivity contribution is 5.76. The van der Waals surface area contributed by atoms with Gasteiger partial charge in [-0.05, 0) is 51.6 Å². The second-order valence-corrected chi connectivity index (χ2v) is 6.83. The fraction of sp³-hybridized carbons (Fsp3) is 0.722. The van der Waals surface area contributed by atoms with Crippen molar-refractivity contribution in [3.05, 3.63) is 23.3 Å². The average molecular weight is 332 g/mol. The number of nitrogens with zero attached hydrogens (tertiary/aromatic N) is 2. The van der Waals surface area contributed by atoms with Gasteiger partial charge in [-0.2, -0.15) is 0 Å². The van der Waals surface area contributed by atoms with Gasteiger partial charge in [0.15, 0.2) is 0 Å². The predicted octanol–water partition coefficient (Wildman–Crippen LogP) is 1.48. The number of rotatable bonds is 5. The van der Waals surface area contributed by atoms with Crippen LogP contribution in [0.4, 0.5) is 0 Å². The van der Waals surface area contributed by atoms with E-state index in [1.54, 1.807) is 0 Å². The number of aryl methyl sites for hydroxylation is 2. The summed E-state index contributed by atoms with van der Waals surface area (Å²) in [4.78, 5) is 21.3. The number of ether oxygens (including phenoxy) is 1. The highest BCUT2D eigenvalue weighted by Crippen LogP contribution is 2.22. The number of carbonyl (C=O) groups excluding carboxylic acids is 1. The Bertz CT molecular complexity index is 552. The minimum Gasteiger partial charge on any atom is -0.381 e. The summed E-state index contributed by atoms with van der Waals surface area (Å²) >= 11 is 0. The summed E-state index contributed by atoms with van der Waals surface area (Å²) in [5.41, 5.74) is 2.10. The number of hydrogen-bond donors (Lipinski definition) is 2. The van der Waals surface area contributed by atoms with Crippen LogP contribution in [-0.2, 0) is 16.0 Å². The van der Waals surface area contributed by atoms with Gasteiger partial charge in [0.05, 0.1) is 0 Å². The Morgan fingerprint density at radius 3 is 2.92 bits per heavy atom. The molecule has 1 atom stereocenters. The molecule has 0 aliphatic carbocycles. The maximum absolute atomic E-state index is 12.2. The SMILES string of the molecule is Cc1nc(CCC(=O)NC2CCOCC2)cc(C2CCCNC2)n1. The summed E-state index contributed by atoms with van der Waals surface area (Å²) in [5.74, 6) is 1.38. The van der Waals surface area contributed by atoms with Gasteiger partial charge in [-0.25, -0.2) is 9.97 Å². The molecule has 1 aromatic heterocycles. The smallest absolute Gasteiger partial charge is 0.220 e. The van der Waals surface area contributed by atoms with E-state index in [4.69, 9.17) is 4.74 Å². The lowest BCUT2D eigenvalue weighted by molar-refractivity contribution is -0.122. The summed E-state index contributed by atoms with van der Waals surface area (Å²) in [5, 5.41) is 6.54. The lowest BCUT2D eigenvalue weighted by Crippen LogP contribution is -2.39. The summed E-state index contributed by atoms with van der Waals surface area (Å²) in [6.07, 6.45) is 5.35. The van der Waals surface area contributed by atoms with E-state index in [9.17, 15) is 4.79 Å². The van der Waals surface area contributed by atoms with Crippen LogP contribution < -0.4 is 10.6 Å².